The summed E-state index contributed by atoms with van der Waals surface area (Å²) in [4.78, 5) is 0. The van der Waals surface area contributed by atoms with E-state index in [1.54, 1.807) is 0 Å². The molecular weight excluding hydrogens is 230 g/mol. The molecule has 1 saturated heterocycles. The fourth-order valence-corrected chi connectivity index (χ4v) is 4.42. The topological polar surface area (TPSA) is 21.3 Å². The highest BCUT2D eigenvalue weighted by molar-refractivity contribution is 7.99. The van der Waals surface area contributed by atoms with Crippen molar-refractivity contribution in [2.24, 2.45) is 0 Å². The van der Waals surface area contributed by atoms with Crippen molar-refractivity contribution in [2.45, 2.75) is 81.9 Å². The molecule has 0 aromatic heterocycles. The summed E-state index contributed by atoms with van der Waals surface area (Å²) in [7, 11) is 0. The van der Waals surface area contributed by atoms with Gasteiger partial charge in [-0.3, -0.25) is 0 Å². The smallest absolute Gasteiger partial charge is 0.0787 e. The van der Waals surface area contributed by atoms with Crippen LogP contribution in [0.1, 0.15) is 53.4 Å². The van der Waals surface area contributed by atoms with E-state index in [9.17, 15) is 0 Å². The molecule has 0 aromatic rings. The van der Waals surface area contributed by atoms with Crippen LogP contribution >= 0.6 is 11.8 Å². The van der Waals surface area contributed by atoms with E-state index < -0.39 is 0 Å². The van der Waals surface area contributed by atoms with Crippen LogP contribution in [-0.2, 0) is 4.74 Å². The number of hydrogen-bond acceptors (Lipinski definition) is 3. The quantitative estimate of drug-likeness (QED) is 0.839. The van der Waals surface area contributed by atoms with Gasteiger partial charge in [0, 0.05) is 17.3 Å². The third-order valence-electron chi connectivity index (χ3n) is 4.24. The Labute approximate surface area is 110 Å². The van der Waals surface area contributed by atoms with Gasteiger partial charge in [0.2, 0.25) is 0 Å². The van der Waals surface area contributed by atoms with Gasteiger partial charge in [-0.1, -0.05) is 6.42 Å². The third-order valence-corrected chi connectivity index (χ3v) is 5.41. The molecule has 2 nitrogen and oxygen atoms in total. The lowest BCUT2D eigenvalue weighted by Crippen LogP contribution is -2.49. The minimum atomic E-state index is -0.0327. The average Bonchev–Trinajstić information content (AvgIpc) is 2.69. The van der Waals surface area contributed by atoms with Gasteiger partial charge in [0.05, 0.1) is 11.2 Å². The molecule has 2 rings (SSSR count). The molecular formula is C14H27NOS. The van der Waals surface area contributed by atoms with Crippen LogP contribution in [0.5, 0.6) is 0 Å². The second kappa shape index (κ2) is 4.75. The van der Waals surface area contributed by atoms with E-state index in [2.05, 4.69) is 39.3 Å². The van der Waals surface area contributed by atoms with Crippen molar-refractivity contribution in [1.29, 1.82) is 0 Å². The number of thioether (sulfide) groups is 1. The lowest BCUT2D eigenvalue weighted by molar-refractivity contribution is -0.0703. The van der Waals surface area contributed by atoms with Gasteiger partial charge in [-0.05, 0) is 53.2 Å². The third kappa shape index (κ3) is 2.99. The zero-order valence-corrected chi connectivity index (χ0v) is 12.7. The van der Waals surface area contributed by atoms with Gasteiger partial charge in [-0.15, -0.1) is 0 Å². The summed E-state index contributed by atoms with van der Waals surface area (Å²) in [6.07, 6.45) is 7.44. The Balaban J connectivity index is 1.99. The van der Waals surface area contributed by atoms with Crippen LogP contribution in [0.3, 0.4) is 0 Å². The predicted molar refractivity (Wildman–Crippen MR) is 75.7 cm³/mol. The minimum absolute atomic E-state index is 0.0224. The van der Waals surface area contributed by atoms with Crippen LogP contribution in [0.25, 0.3) is 0 Å². The second-order valence-corrected chi connectivity index (χ2v) is 7.78. The van der Waals surface area contributed by atoms with Crippen LogP contribution < -0.4 is 5.32 Å². The van der Waals surface area contributed by atoms with E-state index in [0.717, 1.165) is 11.7 Å². The Bertz CT molecular complexity index is 277. The van der Waals surface area contributed by atoms with Crippen LogP contribution in [-0.4, -0.2) is 34.8 Å². The standard InChI is InChI=1S/C14H27NOS/c1-13(2)9-12(14(3,4)16-13)15-10-7-6-8-11(10)17-5/h10-12,15H,6-9H2,1-5H3. The van der Waals surface area contributed by atoms with Crippen LogP contribution in [0, 0.1) is 0 Å². The maximum atomic E-state index is 6.16. The molecule has 1 heterocycles. The van der Waals surface area contributed by atoms with Crippen molar-refractivity contribution in [1.82, 2.24) is 5.32 Å². The molecule has 2 fully saturated rings. The molecule has 3 atom stereocenters. The van der Waals surface area contributed by atoms with Gasteiger partial charge < -0.3 is 10.1 Å². The molecule has 0 amide bonds. The zero-order valence-electron chi connectivity index (χ0n) is 11.9. The fourth-order valence-electron chi connectivity index (χ4n) is 3.48. The SMILES string of the molecule is CSC1CCCC1NC1CC(C)(C)OC1(C)C. The highest BCUT2D eigenvalue weighted by Gasteiger charge is 2.47. The summed E-state index contributed by atoms with van der Waals surface area (Å²) >= 11 is 2.02. The molecule has 1 saturated carbocycles. The second-order valence-electron chi connectivity index (χ2n) is 6.70. The molecule has 0 spiro atoms. The molecule has 2 aliphatic rings. The molecule has 1 aliphatic carbocycles. The Morgan fingerprint density at radius 2 is 1.88 bits per heavy atom. The zero-order chi connectivity index (χ0) is 12.7. The first-order chi connectivity index (χ1) is 7.84. The van der Waals surface area contributed by atoms with E-state index in [0.29, 0.717) is 12.1 Å². The highest BCUT2D eigenvalue weighted by Crippen LogP contribution is 2.39. The summed E-state index contributed by atoms with van der Waals surface area (Å²) in [6, 6.07) is 1.18. The summed E-state index contributed by atoms with van der Waals surface area (Å²) < 4.78 is 6.16. The minimum Gasteiger partial charge on any atom is -0.368 e. The van der Waals surface area contributed by atoms with Gasteiger partial charge in [-0.2, -0.15) is 11.8 Å². The van der Waals surface area contributed by atoms with Gasteiger partial charge in [0.25, 0.3) is 0 Å². The van der Waals surface area contributed by atoms with Crippen molar-refractivity contribution in [3.8, 4) is 0 Å². The maximum absolute atomic E-state index is 6.16. The molecule has 0 radical (unpaired) electrons. The summed E-state index contributed by atoms with van der Waals surface area (Å²) in [5.41, 5.74) is -0.0102. The Morgan fingerprint density at radius 1 is 1.18 bits per heavy atom. The fraction of sp³-hybridized carbons (Fsp3) is 1.00. The van der Waals surface area contributed by atoms with Crippen molar-refractivity contribution < 1.29 is 4.74 Å². The number of hydrogen-bond donors (Lipinski definition) is 1. The number of ether oxygens (including phenoxy) is 1. The van der Waals surface area contributed by atoms with Gasteiger partial charge in [0.1, 0.15) is 0 Å². The Morgan fingerprint density at radius 3 is 2.41 bits per heavy atom. The monoisotopic (exact) mass is 257 g/mol. The van der Waals surface area contributed by atoms with E-state index in [4.69, 9.17) is 4.74 Å². The molecule has 0 bridgehead atoms. The summed E-state index contributed by atoms with van der Waals surface area (Å²) in [6.45, 7) is 8.86. The average molecular weight is 257 g/mol. The van der Waals surface area contributed by atoms with Crippen LogP contribution in [0.4, 0.5) is 0 Å². The largest absolute Gasteiger partial charge is 0.368 e. The van der Waals surface area contributed by atoms with Gasteiger partial charge in [0.15, 0.2) is 0 Å². The summed E-state index contributed by atoms with van der Waals surface area (Å²) in [5.74, 6) is 0. The lowest BCUT2D eigenvalue weighted by Gasteiger charge is -2.31. The van der Waals surface area contributed by atoms with E-state index in [-0.39, 0.29) is 11.2 Å². The van der Waals surface area contributed by atoms with Crippen molar-refractivity contribution >= 4 is 11.8 Å². The van der Waals surface area contributed by atoms with Gasteiger partial charge in [-0.25, -0.2) is 0 Å². The van der Waals surface area contributed by atoms with E-state index in [1.165, 1.54) is 19.3 Å². The van der Waals surface area contributed by atoms with Gasteiger partial charge >= 0.3 is 0 Å². The molecule has 100 valence electrons. The first kappa shape index (κ1) is 13.7. The van der Waals surface area contributed by atoms with Crippen molar-refractivity contribution in [3.05, 3.63) is 0 Å². The lowest BCUT2D eigenvalue weighted by atomic mass is 9.93. The first-order valence-electron chi connectivity index (χ1n) is 6.83. The molecule has 3 unspecified atom stereocenters. The summed E-state index contributed by atoms with van der Waals surface area (Å²) in [5, 5.41) is 4.68. The van der Waals surface area contributed by atoms with Crippen LogP contribution in [0.15, 0.2) is 0 Å². The highest BCUT2D eigenvalue weighted by atomic mass is 32.2. The van der Waals surface area contributed by atoms with Crippen molar-refractivity contribution in [3.63, 3.8) is 0 Å². The Hall–Kier alpha value is 0.270. The van der Waals surface area contributed by atoms with Crippen LogP contribution in [0.2, 0.25) is 0 Å². The molecule has 1 N–H and O–H groups in total. The molecule has 1 aliphatic heterocycles. The number of nitrogens with one attached hydrogen (secondary N) is 1. The van der Waals surface area contributed by atoms with E-state index >= 15 is 0 Å². The van der Waals surface area contributed by atoms with E-state index in [1.807, 2.05) is 11.8 Å². The maximum Gasteiger partial charge on any atom is 0.0787 e. The molecule has 0 aromatic carbocycles. The predicted octanol–water partition coefficient (Wildman–Crippen LogP) is 3.21. The first-order valence-corrected chi connectivity index (χ1v) is 8.12. The normalized spacial score (nSPS) is 39.7. The molecule has 17 heavy (non-hydrogen) atoms. The Kier molecular flexibility index (Phi) is 3.82. The number of rotatable bonds is 3. The van der Waals surface area contributed by atoms with Crippen molar-refractivity contribution in [2.75, 3.05) is 6.26 Å². The molecule has 3 heteroatoms.